The Hall–Kier alpha value is -2.82. The van der Waals surface area contributed by atoms with E-state index in [0.29, 0.717) is 12.0 Å². The monoisotopic (exact) mass is 363 g/mol. The Morgan fingerprint density at radius 1 is 1.04 bits per heavy atom. The van der Waals surface area contributed by atoms with Crippen LogP contribution in [-0.4, -0.2) is 31.4 Å². The molecule has 0 fully saturated rings. The maximum Gasteiger partial charge on any atom is 0.255 e. The first kappa shape index (κ1) is 17.6. The molecule has 27 heavy (non-hydrogen) atoms. The average molecular weight is 363 g/mol. The van der Waals surface area contributed by atoms with Crippen molar-refractivity contribution >= 4 is 28.9 Å². The predicted molar refractivity (Wildman–Crippen MR) is 109 cm³/mol. The Morgan fingerprint density at radius 3 is 2.37 bits per heavy atom. The van der Waals surface area contributed by atoms with E-state index in [0.717, 1.165) is 60.7 Å². The van der Waals surface area contributed by atoms with Crippen molar-refractivity contribution in [2.45, 2.75) is 33.1 Å². The van der Waals surface area contributed by atoms with Crippen LogP contribution in [0.25, 0.3) is 0 Å². The van der Waals surface area contributed by atoms with E-state index >= 15 is 0 Å². The summed E-state index contributed by atoms with van der Waals surface area (Å²) in [5, 5.41) is 3.00. The van der Waals surface area contributed by atoms with E-state index in [1.807, 2.05) is 41.3 Å². The predicted octanol–water partition coefficient (Wildman–Crippen LogP) is 3.62. The van der Waals surface area contributed by atoms with Gasteiger partial charge < -0.3 is 15.1 Å². The van der Waals surface area contributed by atoms with Crippen molar-refractivity contribution in [3.05, 3.63) is 53.1 Å². The lowest BCUT2D eigenvalue weighted by Crippen LogP contribution is -2.33. The van der Waals surface area contributed by atoms with Gasteiger partial charge in [0.2, 0.25) is 5.91 Å². The molecule has 0 aromatic heterocycles. The molecule has 2 aliphatic rings. The zero-order valence-electron chi connectivity index (χ0n) is 15.9. The number of nitrogens with zero attached hydrogens (tertiary/aromatic N) is 2. The molecule has 2 aliphatic heterocycles. The first-order chi connectivity index (χ1) is 13.1. The molecule has 5 nitrogen and oxygen atoms in total. The molecule has 5 heteroatoms. The lowest BCUT2D eigenvalue weighted by Gasteiger charge is -2.25. The van der Waals surface area contributed by atoms with Crippen molar-refractivity contribution in [2.24, 2.45) is 0 Å². The van der Waals surface area contributed by atoms with E-state index in [1.54, 1.807) is 0 Å². The van der Waals surface area contributed by atoms with Crippen molar-refractivity contribution < 1.29 is 9.59 Å². The summed E-state index contributed by atoms with van der Waals surface area (Å²) in [6.07, 6.45) is 2.08. The highest BCUT2D eigenvalue weighted by Gasteiger charge is 2.32. The number of carbonyl (C=O) groups excluding carboxylic acids is 2. The summed E-state index contributed by atoms with van der Waals surface area (Å²) < 4.78 is 0. The lowest BCUT2D eigenvalue weighted by molar-refractivity contribution is -0.118. The van der Waals surface area contributed by atoms with Crippen LogP contribution in [-0.2, 0) is 17.6 Å². The van der Waals surface area contributed by atoms with Gasteiger partial charge in [-0.05, 0) is 74.2 Å². The van der Waals surface area contributed by atoms with Crippen LogP contribution < -0.4 is 15.1 Å². The number of benzene rings is 2. The van der Waals surface area contributed by atoms with Crippen LogP contribution in [0, 0.1) is 0 Å². The molecule has 0 unspecified atom stereocenters. The average Bonchev–Trinajstić information content (AvgIpc) is 3.12. The Bertz CT molecular complexity index is 885. The van der Waals surface area contributed by atoms with Gasteiger partial charge in [0.05, 0.1) is 5.69 Å². The minimum atomic E-state index is -0.0972. The highest BCUT2D eigenvalue weighted by atomic mass is 16.2. The number of amides is 2. The van der Waals surface area contributed by atoms with Crippen LogP contribution in [0.3, 0.4) is 0 Å². The molecule has 0 radical (unpaired) electrons. The molecule has 0 aliphatic carbocycles. The van der Waals surface area contributed by atoms with Gasteiger partial charge in [-0.2, -0.15) is 0 Å². The van der Waals surface area contributed by atoms with Gasteiger partial charge in [0.25, 0.3) is 5.91 Å². The molecule has 2 aromatic rings. The van der Waals surface area contributed by atoms with Crippen LogP contribution in [0.4, 0.5) is 17.1 Å². The van der Waals surface area contributed by atoms with E-state index in [-0.39, 0.29) is 11.8 Å². The third kappa shape index (κ3) is 3.18. The third-order valence-electron chi connectivity index (χ3n) is 5.57. The maximum absolute atomic E-state index is 12.8. The molecule has 2 heterocycles. The molecule has 0 saturated heterocycles. The summed E-state index contributed by atoms with van der Waals surface area (Å²) >= 11 is 0. The zero-order chi connectivity index (χ0) is 19.0. The minimum absolute atomic E-state index is 0.0972. The second-order valence-corrected chi connectivity index (χ2v) is 7.11. The summed E-state index contributed by atoms with van der Waals surface area (Å²) in [5.41, 5.74) is 5.90. The highest BCUT2D eigenvalue weighted by Crippen LogP contribution is 2.37. The molecule has 2 amide bonds. The van der Waals surface area contributed by atoms with E-state index in [2.05, 4.69) is 24.1 Å². The second kappa shape index (κ2) is 7.06. The number of aryl methyl sites for hydroxylation is 1. The molecule has 0 saturated carbocycles. The number of hydrogen-bond acceptors (Lipinski definition) is 3. The van der Waals surface area contributed by atoms with Gasteiger partial charge in [-0.15, -0.1) is 0 Å². The van der Waals surface area contributed by atoms with E-state index in [1.165, 1.54) is 0 Å². The Balaban J connectivity index is 1.54. The standard InChI is InChI=1S/C22H25N3O2/c1-3-24(4-2)19-8-6-18(7-9-19)23-22(27)17-13-15-5-10-20(26)25-12-11-16(14-17)21(15)25/h6-9,13-14H,3-5,10-12H2,1-2H3,(H,23,27). The summed E-state index contributed by atoms with van der Waals surface area (Å²) in [5.74, 6) is 0.103. The SMILES string of the molecule is CCN(CC)c1ccc(NC(=O)c2cc3c4c(c2)CCN4C(=O)CC3)cc1. The fourth-order valence-corrected chi connectivity index (χ4v) is 4.14. The van der Waals surface area contributed by atoms with Crippen molar-refractivity contribution in [3.63, 3.8) is 0 Å². The number of rotatable bonds is 5. The largest absolute Gasteiger partial charge is 0.372 e. The molecule has 0 spiro atoms. The molecule has 0 atom stereocenters. The molecule has 4 rings (SSSR count). The van der Waals surface area contributed by atoms with Crippen LogP contribution in [0.5, 0.6) is 0 Å². The summed E-state index contributed by atoms with van der Waals surface area (Å²) in [4.78, 5) is 29.0. The highest BCUT2D eigenvalue weighted by molar-refractivity contribution is 6.06. The fraction of sp³-hybridized carbons (Fsp3) is 0.364. The summed E-state index contributed by atoms with van der Waals surface area (Å²) in [7, 11) is 0. The molecular formula is C22H25N3O2. The Labute approximate surface area is 160 Å². The maximum atomic E-state index is 12.8. The molecular weight excluding hydrogens is 338 g/mol. The summed E-state index contributed by atoms with van der Waals surface area (Å²) in [6.45, 7) is 6.92. The topological polar surface area (TPSA) is 52.7 Å². The number of hydrogen-bond donors (Lipinski definition) is 1. The Kier molecular flexibility index (Phi) is 4.60. The number of carbonyl (C=O) groups is 2. The van der Waals surface area contributed by atoms with Gasteiger partial charge in [-0.3, -0.25) is 9.59 Å². The summed E-state index contributed by atoms with van der Waals surface area (Å²) in [6, 6.07) is 11.9. The second-order valence-electron chi connectivity index (χ2n) is 7.11. The van der Waals surface area contributed by atoms with E-state index in [9.17, 15) is 9.59 Å². The van der Waals surface area contributed by atoms with Gasteiger partial charge in [0, 0.05) is 43.0 Å². The third-order valence-corrected chi connectivity index (χ3v) is 5.57. The van der Waals surface area contributed by atoms with Crippen LogP contribution in [0.15, 0.2) is 36.4 Å². The quantitative estimate of drug-likeness (QED) is 0.883. The van der Waals surface area contributed by atoms with Crippen molar-refractivity contribution in [3.8, 4) is 0 Å². The lowest BCUT2D eigenvalue weighted by atomic mass is 9.96. The molecule has 1 N–H and O–H groups in total. The van der Waals surface area contributed by atoms with Gasteiger partial charge in [-0.1, -0.05) is 0 Å². The molecule has 140 valence electrons. The molecule has 0 bridgehead atoms. The first-order valence-corrected chi connectivity index (χ1v) is 9.73. The van der Waals surface area contributed by atoms with Gasteiger partial charge in [-0.25, -0.2) is 0 Å². The number of anilines is 3. The minimum Gasteiger partial charge on any atom is -0.372 e. The normalized spacial score (nSPS) is 14.9. The zero-order valence-corrected chi connectivity index (χ0v) is 15.9. The van der Waals surface area contributed by atoms with Crippen molar-refractivity contribution in [1.29, 1.82) is 0 Å². The van der Waals surface area contributed by atoms with E-state index in [4.69, 9.17) is 0 Å². The van der Waals surface area contributed by atoms with E-state index < -0.39 is 0 Å². The number of nitrogens with one attached hydrogen (secondary N) is 1. The first-order valence-electron chi connectivity index (χ1n) is 9.73. The smallest absolute Gasteiger partial charge is 0.255 e. The van der Waals surface area contributed by atoms with Crippen LogP contribution in [0.1, 0.15) is 41.8 Å². The van der Waals surface area contributed by atoms with Gasteiger partial charge in [0.15, 0.2) is 0 Å². The van der Waals surface area contributed by atoms with Crippen LogP contribution >= 0.6 is 0 Å². The molecule has 2 aromatic carbocycles. The van der Waals surface area contributed by atoms with Gasteiger partial charge >= 0.3 is 0 Å². The fourth-order valence-electron chi connectivity index (χ4n) is 4.14. The van der Waals surface area contributed by atoms with Crippen molar-refractivity contribution in [1.82, 2.24) is 0 Å². The van der Waals surface area contributed by atoms with Crippen LogP contribution in [0.2, 0.25) is 0 Å². The van der Waals surface area contributed by atoms with Crippen molar-refractivity contribution in [2.75, 3.05) is 34.8 Å². The van der Waals surface area contributed by atoms with Gasteiger partial charge in [0.1, 0.15) is 0 Å². The Morgan fingerprint density at radius 2 is 1.70 bits per heavy atom.